The molecule has 1 aromatic carbocycles. The van der Waals surface area contributed by atoms with Crippen LogP contribution in [0.4, 0.5) is 0 Å². The smallest absolute Gasteiger partial charge is 0.304 e. The highest BCUT2D eigenvalue weighted by molar-refractivity contribution is 5.78. The molecule has 0 saturated heterocycles. The summed E-state index contributed by atoms with van der Waals surface area (Å²) in [4.78, 5) is 21.8. The molecule has 0 aliphatic carbocycles. The van der Waals surface area contributed by atoms with E-state index in [9.17, 15) is 9.59 Å². The molecule has 0 radical (unpaired) electrons. The number of carbonyl (C=O) groups is 2. The normalized spacial score (nSPS) is 11.8. The minimum atomic E-state index is -0.870. The summed E-state index contributed by atoms with van der Waals surface area (Å²) in [5, 5.41) is 14.0. The summed E-state index contributed by atoms with van der Waals surface area (Å²) >= 11 is 0. The van der Waals surface area contributed by atoms with Crippen molar-refractivity contribution in [2.24, 2.45) is 0 Å². The van der Waals surface area contributed by atoms with Crippen molar-refractivity contribution in [2.45, 2.75) is 19.3 Å². The van der Waals surface area contributed by atoms with E-state index in [0.717, 1.165) is 0 Å². The maximum absolute atomic E-state index is 11.5. The molecule has 0 aliphatic heterocycles. The first-order valence-electron chi connectivity index (χ1n) is 6.33. The standard InChI is InChI=1S/C14H20N2O3/c1-11(12-5-3-2-4-6-12)9-16-13(17)10-15-8-7-14(18)19/h2-6,11,15H,7-10H2,1H3,(H,16,17)(H,18,19). The van der Waals surface area contributed by atoms with E-state index in [4.69, 9.17) is 5.11 Å². The molecule has 5 nitrogen and oxygen atoms in total. The van der Waals surface area contributed by atoms with Crippen LogP contribution in [0.15, 0.2) is 30.3 Å². The molecule has 1 amide bonds. The van der Waals surface area contributed by atoms with Crippen LogP contribution in [0.5, 0.6) is 0 Å². The summed E-state index contributed by atoms with van der Waals surface area (Å²) in [6.45, 7) is 3.07. The minimum Gasteiger partial charge on any atom is -0.481 e. The van der Waals surface area contributed by atoms with Crippen molar-refractivity contribution < 1.29 is 14.7 Å². The molecule has 19 heavy (non-hydrogen) atoms. The number of benzene rings is 1. The molecule has 0 aromatic heterocycles. The summed E-state index contributed by atoms with van der Waals surface area (Å²) in [6, 6.07) is 9.97. The average Bonchev–Trinajstić information content (AvgIpc) is 2.41. The van der Waals surface area contributed by atoms with Crippen molar-refractivity contribution in [1.29, 1.82) is 0 Å². The van der Waals surface area contributed by atoms with Gasteiger partial charge in [0.25, 0.3) is 0 Å². The highest BCUT2D eigenvalue weighted by Gasteiger charge is 2.07. The Morgan fingerprint density at radius 3 is 2.58 bits per heavy atom. The van der Waals surface area contributed by atoms with Crippen molar-refractivity contribution in [2.75, 3.05) is 19.6 Å². The predicted octanol–water partition coefficient (Wildman–Crippen LogP) is 0.971. The Bertz CT molecular complexity index is 406. The number of carboxylic acid groups (broad SMARTS) is 1. The summed E-state index contributed by atoms with van der Waals surface area (Å²) in [6.07, 6.45) is 0.0215. The van der Waals surface area contributed by atoms with Gasteiger partial charge in [-0.2, -0.15) is 0 Å². The number of rotatable bonds is 8. The third kappa shape index (κ3) is 6.57. The monoisotopic (exact) mass is 264 g/mol. The molecule has 0 heterocycles. The zero-order valence-electron chi connectivity index (χ0n) is 11.1. The van der Waals surface area contributed by atoms with Gasteiger partial charge in [0.2, 0.25) is 5.91 Å². The van der Waals surface area contributed by atoms with E-state index < -0.39 is 5.97 Å². The molecular formula is C14H20N2O3. The van der Waals surface area contributed by atoms with Gasteiger partial charge in [-0.25, -0.2) is 0 Å². The highest BCUT2D eigenvalue weighted by Crippen LogP contribution is 2.12. The molecule has 0 spiro atoms. The molecule has 0 saturated carbocycles. The maximum atomic E-state index is 11.5. The largest absolute Gasteiger partial charge is 0.481 e. The van der Waals surface area contributed by atoms with Crippen LogP contribution in [0.1, 0.15) is 24.8 Å². The predicted molar refractivity (Wildman–Crippen MR) is 73.0 cm³/mol. The summed E-state index contributed by atoms with van der Waals surface area (Å²) in [5.41, 5.74) is 1.18. The number of carboxylic acids is 1. The molecule has 1 atom stereocenters. The maximum Gasteiger partial charge on any atom is 0.304 e. The van der Waals surface area contributed by atoms with Crippen LogP contribution in [0.2, 0.25) is 0 Å². The summed E-state index contributed by atoms with van der Waals surface area (Å²) in [5.74, 6) is -0.733. The number of carbonyl (C=O) groups excluding carboxylic acids is 1. The number of nitrogens with one attached hydrogen (secondary N) is 2. The van der Waals surface area contributed by atoms with E-state index >= 15 is 0 Å². The van der Waals surface area contributed by atoms with Gasteiger partial charge < -0.3 is 15.7 Å². The molecule has 3 N–H and O–H groups in total. The van der Waals surface area contributed by atoms with Crippen LogP contribution in [0, 0.1) is 0 Å². The third-order valence-corrected chi connectivity index (χ3v) is 2.78. The van der Waals surface area contributed by atoms with E-state index in [1.54, 1.807) is 0 Å². The quantitative estimate of drug-likeness (QED) is 0.611. The second-order valence-electron chi connectivity index (χ2n) is 4.44. The molecular weight excluding hydrogens is 244 g/mol. The van der Waals surface area contributed by atoms with Gasteiger partial charge in [-0.1, -0.05) is 37.3 Å². The number of hydrogen-bond donors (Lipinski definition) is 3. The van der Waals surface area contributed by atoms with Crippen LogP contribution in [0.25, 0.3) is 0 Å². The van der Waals surface area contributed by atoms with Crippen LogP contribution >= 0.6 is 0 Å². The molecule has 5 heteroatoms. The molecule has 1 unspecified atom stereocenters. The van der Waals surface area contributed by atoms with E-state index in [-0.39, 0.29) is 24.8 Å². The van der Waals surface area contributed by atoms with Crippen LogP contribution < -0.4 is 10.6 Å². The van der Waals surface area contributed by atoms with Gasteiger partial charge >= 0.3 is 5.97 Å². The molecule has 104 valence electrons. The van der Waals surface area contributed by atoms with Gasteiger partial charge in [0.1, 0.15) is 0 Å². The Labute approximate surface area is 113 Å². The van der Waals surface area contributed by atoms with Crippen molar-refractivity contribution in [3.63, 3.8) is 0 Å². The fourth-order valence-electron chi connectivity index (χ4n) is 1.63. The lowest BCUT2D eigenvalue weighted by atomic mass is 10.0. The first-order chi connectivity index (χ1) is 9.09. The van der Waals surface area contributed by atoms with Gasteiger partial charge in [-0.15, -0.1) is 0 Å². The van der Waals surface area contributed by atoms with Gasteiger partial charge in [0.05, 0.1) is 13.0 Å². The first-order valence-corrected chi connectivity index (χ1v) is 6.33. The number of aliphatic carboxylic acids is 1. The lowest BCUT2D eigenvalue weighted by molar-refractivity contribution is -0.137. The van der Waals surface area contributed by atoms with E-state index in [1.165, 1.54) is 5.56 Å². The van der Waals surface area contributed by atoms with E-state index in [2.05, 4.69) is 10.6 Å². The molecule has 1 aromatic rings. The number of hydrogen-bond acceptors (Lipinski definition) is 3. The van der Waals surface area contributed by atoms with E-state index in [1.807, 2.05) is 37.3 Å². The zero-order chi connectivity index (χ0) is 14.1. The van der Waals surface area contributed by atoms with Crippen molar-refractivity contribution in [1.82, 2.24) is 10.6 Å². The molecule has 0 fully saturated rings. The molecule has 0 aliphatic rings. The SMILES string of the molecule is CC(CNC(=O)CNCCC(=O)O)c1ccccc1. The fourth-order valence-corrected chi connectivity index (χ4v) is 1.63. The highest BCUT2D eigenvalue weighted by atomic mass is 16.4. The third-order valence-electron chi connectivity index (χ3n) is 2.78. The van der Waals surface area contributed by atoms with Gasteiger partial charge in [0, 0.05) is 13.1 Å². The van der Waals surface area contributed by atoms with Crippen LogP contribution in [0.3, 0.4) is 0 Å². The average molecular weight is 264 g/mol. The van der Waals surface area contributed by atoms with Crippen molar-refractivity contribution >= 4 is 11.9 Å². The Balaban J connectivity index is 2.18. The Morgan fingerprint density at radius 2 is 1.95 bits per heavy atom. The Morgan fingerprint density at radius 1 is 1.26 bits per heavy atom. The first kappa shape index (κ1) is 15.2. The zero-order valence-corrected chi connectivity index (χ0v) is 11.1. The minimum absolute atomic E-state index is 0.0215. The summed E-state index contributed by atoms with van der Waals surface area (Å²) < 4.78 is 0. The van der Waals surface area contributed by atoms with Gasteiger partial charge in [-0.05, 0) is 11.5 Å². The molecule has 1 rings (SSSR count). The van der Waals surface area contributed by atoms with Gasteiger partial charge in [-0.3, -0.25) is 9.59 Å². The summed E-state index contributed by atoms with van der Waals surface area (Å²) in [7, 11) is 0. The fraction of sp³-hybridized carbons (Fsp3) is 0.429. The van der Waals surface area contributed by atoms with Crippen molar-refractivity contribution in [3.8, 4) is 0 Å². The van der Waals surface area contributed by atoms with Gasteiger partial charge in [0.15, 0.2) is 0 Å². The lowest BCUT2D eigenvalue weighted by Crippen LogP contribution is -2.36. The number of amides is 1. The second kappa shape index (κ2) is 8.26. The topological polar surface area (TPSA) is 78.4 Å². The van der Waals surface area contributed by atoms with E-state index in [0.29, 0.717) is 13.1 Å². The van der Waals surface area contributed by atoms with Crippen molar-refractivity contribution in [3.05, 3.63) is 35.9 Å². The molecule has 0 bridgehead atoms. The Hall–Kier alpha value is -1.88. The lowest BCUT2D eigenvalue weighted by Gasteiger charge is -2.13. The second-order valence-corrected chi connectivity index (χ2v) is 4.44. The Kier molecular flexibility index (Phi) is 6.60. The van der Waals surface area contributed by atoms with Crippen LogP contribution in [-0.4, -0.2) is 36.6 Å². The van der Waals surface area contributed by atoms with Crippen LogP contribution in [-0.2, 0) is 9.59 Å².